The van der Waals surface area contributed by atoms with Crippen LogP contribution in [0.25, 0.3) is 5.69 Å². The SMILES string of the molecule is CC1(C)CC(=O)c2c(C(F)(F)F)cn(-c3cc(F)c(C(N)=O)c(N[C@H]4CCCC[C@@H]4OC(=O)CN)c3)c2C1. The van der Waals surface area contributed by atoms with Gasteiger partial charge in [0.1, 0.15) is 11.9 Å². The van der Waals surface area contributed by atoms with Gasteiger partial charge in [-0.15, -0.1) is 0 Å². The lowest BCUT2D eigenvalue weighted by Crippen LogP contribution is -2.41. The molecule has 1 fully saturated rings. The maximum Gasteiger partial charge on any atom is 0.418 e. The highest BCUT2D eigenvalue weighted by molar-refractivity contribution is 6.01. The summed E-state index contributed by atoms with van der Waals surface area (Å²) in [6, 6.07) is 1.73. The molecule has 206 valence electrons. The van der Waals surface area contributed by atoms with Crippen LogP contribution in [0.5, 0.6) is 0 Å². The summed E-state index contributed by atoms with van der Waals surface area (Å²) in [5.74, 6) is -3.38. The number of hydrogen-bond acceptors (Lipinski definition) is 6. The van der Waals surface area contributed by atoms with E-state index in [2.05, 4.69) is 5.32 Å². The number of amides is 1. The van der Waals surface area contributed by atoms with E-state index in [-0.39, 0.29) is 36.5 Å². The van der Waals surface area contributed by atoms with E-state index in [1.807, 2.05) is 0 Å². The second-order valence-corrected chi connectivity index (χ2v) is 10.7. The Morgan fingerprint density at radius 3 is 2.50 bits per heavy atom. The number of carbonyl (C=O) groups is 3. The maximum absolute atomic E-state index is 15.3. The molecule has 2 aliphatic carbocycles. The van der Waals surface area contributed by atoms with E-state index in [0.29, 0.717) is 12.8 Å². The standard InChI is InChI=1S/C26H30F4N4O4/c1-25(2)9-18-22(19(35)10-25)14(26(28,29)30)12-34(18)13-7-15(27)23(24(32)37)17(8-13)33-16-5-3-4-6-20(16)38-21(36)11-31/h7-8,12,16,20,33H,3-6,9-11,31H2,1-2H3,(H2,32,37)/t16-,20-/m0/s1. The van der Waals surface area contributed by atoms with Crippen molar-refractivity contribution in [1.82, 2.24) is 4.57 Å². The number of carbonyl (C=O) groups excluding carboxylic acids is 3. The third-order valence-electron chi connectivity index (χ3n) is 7.07. The Hall–Kier alpha value is -3.41. The van der Waals surface area contributed by atoms with Gasteiger partial charge in [0.15, 0.2) is 5.78 Å². The Labute approximate surface area is 216 Å². The molecule has 2 atom stereocenters. The van der Waals surface area contributed by atoms with Crippen LogP contribution in [0.4, 0.5) is 23.2 Å². The normalized spacial score (nSPS) is 21.1. The Morgan fingerprint density at radius 1 is 1.18 bits per heavy atom. The number of nitrogens with zero attached hydrogens (tertiary/aromatic N) is 1. The van der Waals surface area contributed by atoms with Crippen LogP contribution < -0.4 is 16.8 Å². The number of Topliss-reactive ketones (excluding diaryl/α,β-unsaturated/α-hetero) is 1. The molecule has 1 saturated carbocycles. The van der Waals surface area contributed by atoms with Crippen molar-refractivity contribution >= 4 is 23.3 Å². The molecule has 2 aromatic rings. The highest BCUT2D eigenvalue weighted by Crippen LogP contribution is 2.43. The number of ether oxygens (including phenoxy) is 1. The van der Waals surface area contributed by atoms with Gasteiger partial charge >= 0.3 is 12.1 Å². The molecule has 2 aliphatic rings. The van der Waals surface area contributed by atoms with E-state index < -0.39 is 63.9 Å². The van der Waals surface area contributed by atoms with Crippen molar-refractivity contribution in [3.63, 3.8) is 0 Å². The lowest BCUT2D eigenvalue weighted by Gasteiger charge is -2.33. The fourth-order valence-corrected chi connectivity index (χ4v) is 5.43. The zero-order valence-corrected chi connectivity index (χ0v) is 21.1. The van der Waals surface area contributed by atoms with Crippen molar-refractivity contribution in [3.8, 4) is 5.69 Å². The highest BCUT2D eigenvalue weighted by Gasteiger charge is 2.44. The molecular formula is C26H30F4N4O4. The molecule has 12 heteroatoms. The quantitative estimate of drug-likeness (QED) is 0.375. The van der Waals surface area contributed by atoms with Crippen LogP contribution in [-0.2, 0) is 22.1 Å². The molecule has 5 N–H and O–H groups in total. The number of anilines is 1. The topological polar surface area (TPSA) is 129 Å². The first-order chi connectivity index (χ1) is 17.7. The van der Waals surface area contributed by atoms with E-state index >= 15 is 4.39 Å². The first kappa shape index (κ1) is 27.6. The number of ketones is 1. The molecule has 0 aliphatic heterocycles. The minimum absolute atomic E-state index is 0.0152. The van der Waals surface area contributed by atoms with Gasteiger partial charge in [-0.2, -0.15) is 13.2 Å². The predicted molar refractivity (Wildman–Crippen MR) is 130 cm³/mol. The van der Waals surface area contributed by atoms with Gasteiger partial charge in [-0.05, 0) is 43.2 Å². The van der Waals surface area contributed by atoms with Crippen LogP contribution in [0.2, 0.25) is 0 Å². The summed E-state index contributed by atoms with van der Waals surface area (Å²) in [6.07, 6.45) is -1.97. The van der Waals surface area contributed by atoms with Crippen molar-refractivity contribution in [3.05, 3.63) is 46.5 Å². The van der Waals surface area contributed by atoms with Crippen LogP contribution in [0.1, 0.15) is 77.9 Å². The van der Waals surface area contributed by atoms with Crippen molar-refractivity contribution in [2.75, 3.05) is 11.9 Å². The van der Waals surface area contributed by atoms with Gasteiger partial charge in [-0.25, -0.2) is 4.39 Å². The molecule has 0 spiro atoms. The monoisotopic (exact) mass is 538 g/mol. The van der Waals surface area contributed by atoms with E-state index in [0.717, 1.165) is 29.7 Å². The zero-order valence-electron chi connectivity index (χ0n) is 21.1. The van der Waals surface area contributed by atoms with Crippen molar-refractivity contribution in [2.45, 2.75) is 70.7 Å². The number of nitrogens with two attached hydrogens (primary N) is 2. The van der Waals surface area contributed by atoms with Gasteiger partial charge in [0.25, 0.3) is 5.91 Å². The van der Waals surface area contributed by atoms with Crippen LogP contribution in [0.15, 0.2) is 18.3 Å². The molecule has 0 unspecified atom stereocenters. The Balaban J connectivity index is 1.84. The summed E-state index contributed by atoms with van der Waals surface area (Å²) in [6.45, 7) is 3.22. The number of rotatable bonds is 6. The molecule has 1 aromatic carbocycles. The van der Waals surface area contributed by atoms with Crippen LogP contribution >= 0.6 is 0 Å². The van der Waals surface area contributed by atoms with Crippen molar-refractivity contribution in [2.24, 2.45) is 16.9 Å². The van der Waals surface area contributed by atoms with Gasteiger partial charge in [-0.1, -0.05) is 20.3 Å². The number of esters is 1. The third-order valence-corrected chi connectivity index (χ3v) is 7.07. The number of alkyl halides is 3. The molecule has 8 nitrogen and oxygen atoms in total. The summed E-state index contributed by atoms with van der Waals surface area (Å²) in [4.78, 5) is 36.8. The predicted octanol–water partition coefficient (Wildman–Crippen LogP) is 4.11. The average Bonchev–Trinajstić information content (AvgIpc) is 3.19. The summed E-state index contributed by atoms with van der Waals surface area (Å²) in [5, 5.41) is 3.04. The number of benzene rings is 1. The van der Waals surface area contributed by atoms with Crippen molar-refractivity contribution in [1.29, 1.82) is 0 Å². The molecule has 4 rings (SSSR count). The lowest BCUT2D eigenvalue weighted by atomic mass is 9.75. The average molecular weight is 539 g/mol. The molecule has 1 amide bonds. The molecule has 1 aromatic heterocycles. The molecule has 38 heavy (non-hydrogen) atoms. The second-order valence-electron chi connectivity index (χ2n) is 10.7. The lowest BCUT2D eigenvalue weighted by molar-refractivity contribution is -0.149. The van der Waals surface area contributed by atoms with Crippen LogP contribution in [-0.4, -0.2) is 40.9 Å². The molecule has 0 bridgehead atoms. The van der Waals surface area contributed by atoms with Crippen LogP contribution in [0.3, 0.4) is 0 Å². The third kappa shape index (κ3) is 5.40. The van der Waals surface area contributed by atoms with Gasteiger partial charge in [-0.3, -0.25) is 14.4 Å². The van der Waals surface area contributed by atoms with E-state index in [4.69, 9.17) is 16.2 Å². The minimum atomic E-state index is -4.80. The van der Waals surface area contributed by atoms with E-state index in [9.17, 15) is 27.6 Å². The van der Waals surface area contributed by atoms with Gasteiger partial charge < -0.3 is 26.1 Å². The van der Waals surface area contributed by atoms with E-state index in [1.165, 1.54) is 6.07 Å². The smallest absolute Gasteiger partial charge is 0.418 e. The van der Waals surface area contributed by atoms with E-state index in [1.54, 1.807) is 13.8 Å². The Morgan fingerprint density at radius 2 is 1.87 bits per heavy atom. The maximum atomic E-state index is 15.3. The summed E-state index contributed by atoms with van der Waals surface area (Å²) < 4.78 is 63.7. The largest absolute Gasteiger partial charge is 0.459 e. The number of primary amides is 1. The molecule has 0 saturated heterocycles. The number of aromatic nitrogens is 1. The summed E-state index contributed by atoms with van der Waals surface area (Å²) in [7, 11) is 0. The first-order valence-corrected chi connectivity index (χ1v) is 12.4. The summed E-state index contributed by atoms with van der Waals surface area (Å²) in [5.41, 5.74) is 8.25. The first-order valence-electron chi connectivity index (χ1n) is 12.4. The molecule has 0 radical (unpaired) electrons. The zero-order chi connectivity index (χ0) is 28.0. The number of fused-ring (bicyclic) bond motifs is 1. The van der Waals surface area contributed by atoms with Gasteiger partial charge in [0, 0.05) is 18.3 Å². The number of hydrogen-bond donors (Lipinski definition) is 3. The number of nitrogens with one attached hydrogen (secondary N) is 1. The Bertz CT molecular complexity index is 1290. The highest BCUT2D eigenvalue weighted by atomic mass is 19.4. The van der Waals surface area contributed by atoms with Crippen LogP contribution in [0, 0.1) is 11.2 Å². The summed E-state index contributed by atoms with van der Waals surface area (Å²) >= 11 is 0. The molecular weight excluding hydrogens is 508 g/mol. The van der Waals surface area contributed by atoms with Crippen molar-refractivity contribution < 1.29 is 36.7 Å². The minimum Gasteiger partial charge on any atom is -0.459 e. The Kier molecular flexibility index (Phi) is 7.30. The fourth-order valence-electron chi connectivity index (χ4n) is 5.43. The second kappa shape index (κ2) is 10.0. The fraction of sp³-hybridized carbons (Fsp3) is 0.500. The van der Waals surface area contributed by atoms with Gasteiger partial charge in [0.2, 0.25) is 0 Å². The van der Waals surface area contributed by atoms with Gasteiger partial charge in [0.05, 0.1) is 40.7 Å². The number of halogens is 4. The molecule has 1 heterocycles.